The number of nitrogens with zero attached hydrogens (tertiary/aromatic N) is 2. The molecule has 0 bridgehead atoms. The topological polar surface area (TPSA) is 53.6 Å². The molecule has 0 radical (unpaired) electrons. The van der Waals surface area contributed by atoms with Gasteiger partial charge in [-0.25, -0.2) is 0 Å². The summed E-state index contributed by atoms with van der Waals surface area (Å²) in [6, 6.07) is 10.1. The molecule has 0 saturated carbocycles. The molecule has 4 nitrogen and oxygen atoms in total. The molecular formula is C14H18N4. The maximum atomic E-state index is 4.21. The highest BCUT2D eigenvalue weighted by Crippen LogP contribution is 2.18. The summed E-state index contributed by atoms with van der Waals surface area (Å²) in [6.07, 6.45) is 4.08. The largest absolute Gasteiger partial charge is 0.311 e. The van der Waals surface area contributed by atoms with Gasteiger partial charge in [-0.1, -0.05) is 36.4 Å². The molecule has 0 unspecified atom stereocenters. The minimum atomic E-state index is 0.734. The van der Waals surface area contributed by atoms with Crippen LogP contribution in [0.1, 0.15) is 18.5 Å². The van der Waals surface area contributed by atoms with E-state index in [2.05, 4.69) is 27.3 Å². The molecule has 0 spiro atoms. The molecule has 94 valence electrons. The lowest BCUT2D eigenvalue weighted by molar-refractivity contribution is 0.645. The van der Waals surface area contributed by atoms with Crippen LogP contribution < -0.4 is 5.32 Å². The van der Waals surface area contributed by atoms with Gasteiger partial charge < -0.3 is 5.32 Å². The monoisotopic (exact) mass is 242 g/mol. The van der Waals surface area contributed by atoms with E-state index in [0.29, 0.717) is 0 Å². The van der Waals surface area contributed by atoms with E-state index in [9.17, 15) is 0 Å². The van der Waals surface area contributed by atoms with Gasteiger partial charge in [0, 0.05) is 12.1 Å². The van der Waals surface area contributed by atoms with Crippen LogP contribution in [0, 0.1) is 0 Å². The highest BCUT2D eigenvalue weighted by molar-refractivity contribution is 5.60. The molecule has 0 atom stereocenters. The molecule has 1 aromatic heterocycles. The van der Waals surface area contributed by atoms with E-state index >= 15 is 0 Å². The smallest absolute Gasteiger partial charge is 0.117 e. The average molecular weight is 242 g/mol. The van der Waals surface area contributed by atoms with Crippen molar-refractivity contribution in [3.05, 3.63) is 48.7 Å². The van der Waals surface area contributed by atoms with Crippen molar-refractivity contribution in [2.24, 2.45) is 0 Å². The summed E-state index contributed by atoms with van der Waals surface area (Å²) in [6.45, 7) is 5.41. The summed E-state index contributed by atoms with van der Waals surface area (Å²) in [4.78, 5) is 0. The molecule has 1 aromatic carbocycles. The van der Waals surface area contributed by atoms with Crippen LogP contribution in [0.5, 0.6) is 0 Å². The van der Waals surface area contributed by atoms with E-state index in [1.165, 1.54) is 0 Å². The Hall–Kier alpha value is -1.94. The number of aromatic nitrogens is 3. The molecule has 1 heterocycles. The third-order valence-corrected chi connectivity index (χ3v) is 2.72. The van der Waals surface area contributed by atoms with Crippen molar-refractivity contribution >= 4 is 0 Å². The lowest BCUT2D eigenvalue weighted by Crippen LogP contribution is -2.15. The molecule has 0 saturated heterocycles. The van der Waals surface area contributed by atoms with Crippen molar-refractivity contribution in [3.63, 3.8) is 0 Å². The standard InChI is InChI=1S/C14H18N4/c1-2-3-7-10-15-11-13-14(17-18-16-13)12-8-5-4-6-9-12/h2,4-6,8-9,15H,1,3,7,10-11H2,(H,16,17,18). The van der Waals surface area contributed by atoms with Crippen molar-refractivity contribution in [1.82, 2.24) is 20.7 Å². The van der Waals surface area contributed by atoms with Crippen LogP contribution in [0.15, 0.2) is 43.0 Å². The van der Waals surface area contributed by atoms with Gasteiger partial charge in [-0.15, -0.1) is 6.58 Å². The Labute approximate surface area is 107 Å². The zero-order valence-corrected chi connectivity index (χ0v) is 10.4. The van der Waals surface area contributed by atoms with Crippen molar-refractivity contribution in [3.8, 4) is 11.3 Å². The second kappa shape index (κ2) is 6.71. The number of unbranched alkanes of at least 4 members (excludes halogenated alkanes) is 1. The van der Waals surface area contributed by atoms with Crippen LogP contribution in [0.2, 0.25) is 0 Å². The molecule has 0 aliphatic carbocycles. The van der Waals surface area contributed by atoms with E-state index in [-0.39, 0.29) is 0 Å². The minimum absolute atomic E-state index is 0.734. The van der Waals surface area contributed by atoms with E-state index in [4.69, 9.17) is 0 Å². The molecule has 4 heteroatoms. The van der Waals surface area contributed by atoms with Gasteiger partial charge in [-0.3, -0.25) is 0 Å². The Morgan fingerprint density at radius 3 is 2.83 bits per heavy atom. The van der Waals surface area contributed by atoms with Gasteiger partial charge in [0.2, 0.25) is 0 Å². The minimum Gasteiger partial charge on any atom is -0.311 e. The van der Waals surface area contributed by atoms with E-state index in [0.717, 1.165) is 42.9 Å². The summed E-state index contributed by atoms with van der Waals surface area (Å²) < 4.78 is 0. The number of allylic oxidation sites excluding steroid dienone is 1. The highest BCUT2D eigenvalue weighted by atomic mass is 15.3. The first-order valence-electron chi connectivity index (χ1n) is 6.18. The molecule has 0 amide bonds. The Morgan fingerprint density at radius 2 is 2.06 bits per heavy atom. The quantitative estimate of drug-likeness (QED) is 0.579. The van der Waals surface area contributed by atoms with Crippen molar-refractivity contribution in [2.75, 3.05) is 6.54 Å². The predicted octanol–water partition coefficient (Wildman–Crippen LogP) is 2.53. The predicted molar refractivity (Wildman–Crippen MR) is 73.0 cm³/mol. The van der Waals surface area contributed by atoms with Gasteiger partial charge in [0.25, 0.3) is 0 Å². The Balaban J connectivity index is 1.94. The summed E-state index contributed by atoms with van der Waals surface area (Å²) in [5.41, 5.74) is 2.97. The Bertz CT molecular complexity index is 476. The number of hydrogen-bond acceptors (Lipinski definition) is 3. The van der Waals surface area contributed by atoms with Crippen LogP contribution in [0.3, 0.4) is 0 Å². The summed E-state index contributed by atoms with van der Waals surface area (Å²) in [5, 5.41) is 14.5. The number of benzene rings is 1. The molecular weight excluding hydrogens is 224 g/mol. The fourth-order valence-corrected chi connectivity index (χ4v) is 1.78. The van der Waals surface area contributed by atoms with Crippen molar-refractivity contribution < 1.29 is 0 Å². The Kier molecular flexibility index (Phi) is 4.67. The van der Waals surface area contributed by atoms with Crippen LogP contribution in [0.25, 0.3) is 11.3 Å². The van der Waals surface area contributed by atoms with E-state index < -0.39 is 0 Å². The molecule has 0 aliphatic heterocycles. The van der Waals surface area contributed by atoms with Gasteiger partial charge in [0.05, 0.1) is 0 Å². The van der Waals surface area contributed by atoms with Crippen LogP contribution >= 0.6 is 0 Å². The lowest BCUT2D eigenvalue weighted by atomic mass is 10.1. The normalized spacial score (nSPS) is 10.4. The fraction of sp³-hybridized carbons (Fsp3) is 0.286. The summed E-state index contributed by atoms with van der Waals surface area (Å²) >= 11 is 0. The number of aromatic amines is 1. The number of nitrogens with one attached hydrogen (secondary N) is 2. The van der Waals surface area contributed by atoms with E-state index in [1.54, 1.807) is 0 Å². The SMILES string of the molecule is C=CCCCNCc1n[nH]nc1-c1ccccc1. The molecule has 0 fully saturated rings. The fourth-order valence-electron chi connectivity index (χ4n) is 1.78. The Morgan fingerprint density at radius 1 is 1.22 bits per heavy atom. The lowest BCUT2D eigenvalue weighted by Gasteiger charge is -2.03. The average Bonchev–Trinajstić information content (AvgIpc) is 2.88. The maximum absolute atomic E-state index is 4.21. The van der Waals surface area contributed by atoms with Crippen LogP contribution in [0.4, 0.5) is 0 Å². The number of H-pyrrole nitrogens is 1. The number of hydrogen-bond donors (Lipinski definition) is 2. The zero-order chi connectivity index (χ0) is 12.6. The van der Waals surface area contributed by atoms with Gasteiger partial charge in [0.1, 0.15) is 11.4 Å². The first kappa shape index (κ1) is 12.5. The van der Waals surface area contributed by atoms with E-state index in [1.807, 2.05) is 36.4 Å². The summed E-state index contributed by atoms with van der Waals surface area (Å²) in [7, 11) is 0. The van der Waals surface area contributed by atoms with Gasteiger partial charge in [-0.2, -0.15) is 15.4 Å². The summed E-state index contributed by atoms with van der Waals surface area (Å²) in [5.74, 6) is 0. The van der Waals surface area contributed by atoms with Crippen molar-refractivity contribution in [1.29, 1.82) is 0 Å². The third-order valence-electron chi connectivity index (χ3n) is 2.72. The van der Waals surface area contributed by atoms with Crippen LogP contribution in [-0.4, -0.2) is 22.0 Å². The van der Waals surface area contributed by atoms with Gasteiger partial charge in [-0.05, 0) is 19.4 Å². The second-order valence-corrected chi connectivity index (χ2v) is 4.09. The molecule has 2 rings (SSSR count). The molecule has 2 N–H and O–H groups in total. The van der Waals surface area contributed by atoms with Crippen LogP contribution in [-0.2, 0) is 6.54 Å². The number of rotatable bonds is 7. The second-order valence-electron chi connectivity index (χ2n) is 4.09. The first-order chi connectivity index (χ1) is 8.92. The van der Waals surface area contributed by atoms with Crippen molar-refractivity contribution in [2.45, 2.75) is 19.4 Å². The zero-order valence-electron chi connectivity index (χ0n) is 10.4. The third kappa shape index (κ3) is 3.28. The van der Waals surface area contributed by atoms with Gasteiger partial charge in [0.15, 0.2) is 0 Å². The molecule has 2 aromatic rings. The molecule has 0 aliphatic rings. The van der Waals surface area contributed by atoms with Gasteiger partial charge >= 0.3 is 0 Å². The first-order valence-corrected chi connectivity index (χ1v) is 6.18. The highest BCUT2D eigenvalue weighted by Gasteiger charge is 2.08. The maximum Gasteiger partial charge on any atom is 0.117 e. The molecule has 18 heavy (non-hydrogen) atoms.